The first kappa shape index (κ1) is 18.7. The first-order valence-electron chi connectivity index (χ1n) is 9.71. The van der Waals surface area contributed by atoms with E-state index in [4.69, 9.17) is 0 Å². The topological polar surface area (TPSA) is 20.3 Å². The first-order chi connectivity index (χ1) is 12.5. The van der Waals surface area contributed by atoms with E-state index in [1.54, 1.807) is 0 Å². The van der Waals surface area contributed by atoms with E-state index in [2.05, 4.69) is 74.3 Å². The van der Waals surface area contributed by atoms with Crippen LogP contribution in [0.15, 0.2) is 60.7 Å². The molecule has 2 aromatic carbocycles. The van der Waals surface area contributed by atoms with Gasteiger partial charge < -0.3 is 9.38 Å². The van der Waals surface area contributed by atoms with Crippen molar-refractivity contribution < 1.29 is 9.28 Å². The Bertz CT molecular complexity index is 664. The molecule has 3 nitrogen and oxygen atoms in total. The van der Waals surface area contributed by atoms with Crippen LogP contribution >= 0.6 is 0 Å². The molecule has 0 N–H and O–H groups in total. The summed E-state index contributed by atoms with van der Waals surface area (Å²) in [5.41, 5.74) is 2.43. The molecule has 1 aliphatic heterocycles. The average molecular weight is 352 g/mol. The second-order valence-corrected chi connectivity index (χ2v) is 7.98. The number of rotatable bonds is 5. The van der Waals surface area contributed by atoms with Gasteiger partial charge in [-0.05, 0) is 25.0 Å². The molecule has 3 rings (SSSR count). The van der Waals surface area contributed by atoms with Crippen molar-refractivity contribution in [3.05, 3.63) is 71.8 Å². The third kappa shape index (κ3) is 4.16. The molecule has 1 aliphatic rings. The van der Waals surface area contributed by atoms with Crippen molar-refractivity contribution in [1.82, 2.24) is 4.90 Å². The van der Waals surface area contributed by atoms with E-state index < -0.39 is 0 Å². The zero-order valence-corrected chi connectivity index (χ0v) is 16.3. The lowest BCUT2D eigenvalue weighted by Gasteiger charge is -2.45. The maximum absolute atomic E-state index is 13.1. The fraction of sp³-hybridized carbons (Fsp3) is 0.435. The minimum atomic E-state index is 0.123. The lowest BCUT2D eigenvalue weighted by molar-refractivity contribution is -0.933. The molecule has 0 aromatic heterocycles. The zero-order valence-electron chi connectivity index (χ0n) is 16.3. The van der Waals surface area contributed by atoms with Gasteiger partial charge in [-0.2, -0.15) is 0 Å². The molecular weight excluding hydrogens is 320 g/mol. The Morgan fingerprint density at radius 2 is 1.38 bits per heavy atom. The molecule has 0 unspecified atom stereocenters. The highest BCUT2D eigenvalue weighted by molar-refractivity contribution is 5.78. The molecular formula is C23H31N2O+. The summed E-state index contributed by atoms with van der Waals surface area (Å²) in [5.74, 6) is 0.399. The maximum Gasteiger partial charge on any atom is 0.223 e. The van der Waals surface area contributed by atoms with Crippen LogP contribution in [-0.4, -0.2) is 54.6 Å². The number of carbonyl (C=O) groups is 1. The van der Waals surface area contributed by atoms with Gasteiger partial charge in [-0.3, -0.25) is 4.79 Å². The first-order valence-corrected chi connectivity index (χ1v) is 9.71. The minimum absolute atomic E-state index is 0.123. The number of likely N-dealkylation sites (N-methyl/N-ethyl adjacent to an activating group) is 1. The van der Waals surface area contributed by atoms with Gasteiger partial charge in [0.15, 0.2) is 0 Å². The largest absolute Gasteiger partial charge is 0.331 e. The van der Waals surface area contributed by atoms with Crippen molar-refractivity contribution in [1.29, 1.82) is 0 Å². The van der Waals surface area contributed by atoms with Gasteiger partial charge >= 0.3 is 0 Å². The molecule has 1 heterocycles. The van der Waals surface area contributed by atoms with Gasteiger partial charge in [-0.15, -0.1) is 0 Å². The van der Waals surface area contributed by atoms with Crippen molar-refractivity contribution in [3.63, 3.8) is 0 Å². The van der Waals surface area contributed by atoms with Crippen LogP contribution in [0, 0.1) is 0 Å². The van der Waals surface area contributed by atoms with Gasteiger partial charge in [0.1, 0.15) is 0 Å². The van der Waals surface area contributed by atoms with Gasteiger partial charge in [0.2, 0.25) is 5.91 Å². The van der Waals surface area contributed by atoms with Gasteiger partial charge in [0.25, 0.3) is 0 Å². The second kappa shape index (κ2) is 8.05. The van der Waals surface area contributed by atoms with Crippen LogP contribution < -0.4 is 0 Å². The lowest BCUT2D eigenvalue weighted by atomic mass is 9.88. The normalized spacial score (nSPS) is 16.9. The molecule has 3 heteroatoms. The molecule has 0 bridgehead atoms. The number of nitrogens with zero attached hydrogens (tertiary/aromatic N) is 2. The van der Waals surface area contributed by atoms with Gasteiger partial charge in [-0.25, -0.2) is 0 Å². The monoisotopic (exact) mass is 351 g/mol. The van der Waals surface area contributed by atoms with Crippen LogP contribution in [-0.2, 0) is 4.79 Å². The molecule has 0 saturated carbocycles. The molecule has 0 radical (unpaired) electrons. The predicted octanol–water partition coefficient (Wildman–Crippen LogP) is 3.91. The zero-order chi connectivity index (χ0) is 18.6. The number of hydrogen-bond donors (Lipinski definition) is 0. The summed E-state index contributed by atoms with van der Waals surface area (Å²) in [6.07, 6.45) is 0.541. The summed E-state index contributed by atoms with van der Waals surface area (Å²) in [4.78, 5) is 15.1. The second-order valence-electron chi connectivity index (χ2n) is 7.98. The number of carbonyl (C=O) groups excluding carboxylic acids is 1. The molecule has 1 amide bonds. The third-order valence-corrected chi connectivity index (χ3v) is 6.14. The fourth-order valence-corrected chi connectivity index (χ4v) is 3.79. The Morgan fingerprint density at radius 1 is 0.923 bits per heavy atom. The summed E-state index contributed by atoms with van der Waals surface area (Å²) in [6, 6.07) is 21.4. The number of piperazine rings is 1. The number of amides is 1. The third-order valence-electron chi connectivity index (χ3n) is 6.14. The molecule has 1 fully saturated rings. The van der Waals surface area contributed by atoms with Crippen LogP contribution in [0.3, 0.4) is 0 Å². The van der Waals surface area contributed by atoms with Crippen LogP contribution in [0.5, 0.6) is 0 Å². The van der Waals surface area contributed by atoms with Crippen LogP contribution in [0.4, 0.5) is 0 Å². The van der Waals surface area contributed by atoms with Crippen molar-refractivity contribution in [3.8, 4) is 0 Å². The van der Waals surface area contributed by atoms with Crippen LogP contribution in [0.25, 0.3) is 0 Å². The molecule has 0 aliphatic carbocycles. The highest BCUT2D eigenvalue weighted by Gasteiger charge is 2.33. The number of hydrogen-bond acceptors (Lipinski definition) is 1. The summed E-state index contributed by atoms with van der Waals surface area (Å²) >= 11 is 0. The lowest BCUT2D eigenvalue weighted by Crippen LogP contribution is -2.61. The van der Waals surface area contributed by atoms with E-state index in [1.165, 1.54) is 11.1 Å². The van der Waals surface area contributed by atoms with E-state index in [9.17, 15) is 4.79 Å². The number of quaternary nitrogens is 1. The number of benzene rings is 2. The minimum Gasteiger partial charge on any atom is -0.331 e. The van der Waals surface area contributed by atoms with E-state index in [-0.39, 0.29) is 11.8 Å². The molecule has 0 spiro atoms. The van der Waals surface area contributed by atoms with Crippen molar-refractivity contribution in [2.24, 2.45) is 0 Å². The Balaban J connectivity index is 1.73. The van der Waals surface area contributed by atoms with E-state index >= 15 is 0 Å². The van der Waals surface area contributed by atoms with Crippen molar-refractivity contribution in [2.45, 2.75) is 32.2 Å². The van der Waals surface area contributed by atoms with Crippen LogP contribution in [0.2, 0.25) is 0 Å². The predicted molar refractivity (Wildman–Crippen MR) is 107 cm³/mol. The van der Waals surface area contributed by atoms with Gasteiger partial charge in [-0.1, -0.05) is 60.7 Å². The summed E-state index contributed by atoms with van der Waals surface area (Å²) in [5, 5.41) is 0. The molecule has 0 atom stereocenters. The van der Waals surface area contributed by atoms with E-state index in [1.807, 2.05) is 12.1 Å². The van der Waals surface area contributed by atoms with E-state index in [0.717, 1.165) is 30.7 Å². The average Bonchev–Trinajstić information content (AvgIpc) is 2.68. The highest BCUT2D eigenvalue weighted by Crippen LogP contribution is 2.29. The SMILES string of the molecule is CC(C)[N+]1(C)CCN(C(=O)CC(c2ccccc2)c2ccccc2)CC1. The molecule has 26 heavy (non-hydrogen) atoms. The van der Waals surface area contributed by atoms with Gasteiger partial charge in [0, 0.05) is 12.3 Å². The highest BCUT2D eigenvalue weighted by atomic mass is 16.2. The quantitative estimate of drug-likeness (QED) is 0.748. The molecule has 1 saturated heterocycles. The summed E-state index contributed by atoms with van der Waals surface area (Å²) in [7, 11) is 2.31. The molecule has 2 aromatic rings. The van der Waals surface area contributed by atoms with Crippen molar-refractivity contribution in [2.75, 3.05) is 33.2 Å². The smallest absolute Gasteiger partial charge is 0.223 e. The Hall–Kier alpha value is -2.13. The Kier molecular flexibility index (Phi) is 5.77. The standard InChI is InChI=1S/C23H31N2O/c1-19(2)25(3)16-14-24(15-17-25)23(26)18-22(20-10-6-4-7-11-20)21-12-8-5-9-13-21/h4-13,19,22H,14-18H2,1-3H3/q+1. The van der Waals surface area contributed by atoms with Gasteiger partial charge in [0.05, 0.1) is 39.3 Å². The van der Waals surface area contributed by atoms with Crippen LogP contribution in [0.1, 0.15) is 37.3 Å². The Morgan fingerprint density at radius 3 is 1.81 bits per heavy atom. The maximum atomic E-state index is 13.1. The Labute approximate surface area is 157 Å². The summed E-state index contributed by atoms with van der Waals surface area (Å²) in [6.45, 7) is 8.37. The fourth-order valence-electron chi connectivity index (χ4n) is 3.79. The van der Waals surface area contributed by atoms with E-state index in [0.29, 0.717) is 12.5 Å². The summed E-state index contributed by atoms with van der Waals surface area (Å²) < 4.78 is 1.06. The molecule has 138 valence electrons. The van der Waals surface area contributed by atoms with Crippen molar-refractivity contribution >= 4 is 5.91 Å².